The number of hydrogen-bond acceptors (Lipinski definition) is 3. The molecule has 2 aromatic carbocycles. The fourth-order valence-corrected chi connectivity index (χ4v) is 2.75. The van der Waals surface area contributed by atoms with Gasteiger partial charge in [-0.2, -0.15) is 5.26 Å². The number of benzene rings is 2. The Balaban J connectivity index is 1.99. The van der Waals surface area contributed by atoms with Crippen molar-refractivity contribution in [3.05, 3.63) is 70.7 Å². The van der Waals surface area contributed by atoms with E-state index in [0.717, 1.165) is 6.42 Å². The summed E-state index contributed by atoms with van der Waals surface area (Å²) in [6.45, 7) is 1.10. The topological polar surface area (TPSA) is 56.1 Å². The Bertz CT molecular complexity index is 774. The van der Waals surface area contributed by atoms with Crippen LogP contribution in [0.5, 0.6) is 0 Å². The first-order valence-electron chi connectivity index (χ1n) is 7.87. The van der Waals surface area contributed by atoms with Crippen molar-refractivity contribution >= 4 is 34.8 Å². The first-order valence-corrected chi connectivity index (χ1v) is 8.65. The molecule has 2 rings (SSSR count). The SMILES string of the molecule is N#CCCN(CCc1ccccc1)C(=S)NC(=O)c1cccc(Cl)c1. The zero-order chi connectivity index (χ0) is 18.1. The molecule has 4 nitrogen and oxygen atoms in total. The van der Waals surface area contributed by atoms with Crippen LogP contribution in [-0.2, 0) is 6.42 Å². The summed E-state index contributed by atoms with van der Waals surface area (Å²) in [5.41, 5.74) is 1.62. The van der Waals surface area contributed by atoms with E-state index >= 15 is 0 Å². The van der Waals surface area contributed by atoms with Gasteiger partial charge in [-0.15, -0.1) is 0 Å². The van der Waals surface area contributed by atoms with Gasteiger partial charge in [0.15, 0.2) is 5.11 Å². The van der Waals surface area contributed by atoms with E-state index in [-0.39, 0.29) is 5.91 Å². The molecule has 0 saturated carbocycles. The maximum absolute atomic E-state index is 12.3. The van der Waals surface area contributed by atoms with Gasteiger partial charge in [0.1, 0.15) is 0 Å². The minimum atomic E-state index is -0.311. The molecule has 0 spiro atoms. The van der Waals surface area contributed by atoms with Gasteiger partial charge in [-0.05, 0) is 42.4 Å². The number of thiocarbonyl (C=S) groups is 1. The Morgan fingerprint density at radius 1 is 1.16 bits per heavy atom. The van der Waals surface area contributed by atoms with E-state index in [0.29, 0.717) is 35.2 Å². The largest absolute Gasteiger partial charge is 0.348 e. The third-order valence-electron chi connectivity index (χ3n) is 3.60. The van der Waals surface area contributed by atoms with Gasteiger partial charge >= 0.3 is 0 Å². The van der Waals surface area contributed by atoms with Crippen molar-refractivity contribution in [2.24, 2.45) is 0 Å². The quantitative estimate of drug-likeness (QED) is 0.784. The van der Waals surface area contributed by atoms with E-state index in [1.165, 1.54) is 5.56 Å². The van der Waals surface area contributed by atoms with Crippen LogP contribution in [0.2, 0.25) is 5.02 Å². The monoisotopic (exact) mass is 371 g/mol. The molecule has 1 N–H and O–H groups in total. The Labute approximate surface area is 158 Å². The van der Waals surface area contributed by atoms with Crippen molar-refractivity contribution in [2.75, 3.05) is 13.1 Å². The van der Waals surface area contributed by atoms with Gasteiger partial charge in [0, 0.05) is 23.7 Å². The summed E-state index contributed by atoms with van der Waals surface area (Å²) in [6, 6.07) is 18.8. The lowest BCUT2D eigenvalue weighted by molar-refractivity contribution is 0.0973. The molecule has 0 atom stereocenters. The first-order chi connectivity index (χ1) is 12.1. The molecule has 1 amide bonds. The lowest BCUT2D eigenvalue weighted by atomic mass is 10.1. The minimum absolute atomic E-state index is 0.311. The highest BCUT2D eigenvalue weighted by Gasteiger charge is 2.14. The molecule has 0 saturated heterocycles. The van der Waals surface area contributed by atoms with E-state index in [9.17, 15) is 4.79 Å². The molecule has 0 aliphatic carbocycles. The molecule has 0 bridgehead atoms. The van der Waals surface area contributed by atoms with Crippen LogP contribution in [0.1, 0.15) is 22.3 Å². The first kappa shape index (κ1) is 18.9. The number of halogens is 1. The van der Waals surface area contributed by atoms with E-state index < -0.39 is 0 Å². The smallest absolute Gasteiger partial charge is 0.257 e. The van der Waals surface area contributed by atoms with Crippen LogP contribution in [0, 0.1) is 11.3 Å². The molecule has 0 aliphatic rings. The van der Waals surface area contributed by atoms with Crippen molar-refractivity contribution in [3.8, 4) is 6.07 Å². The number of amides is 1. The van der Waals surface area contributed by atoms with Gasteiger partial charge in [-0.3, -0.25) is 10.1 Å². The molecule has 0 heterocycles. The third-order valence-corrected chi connectivity index (χ3v) is 4.20. The number of nitriles is 1. The van der Waals surface area contributed by atoms with Gasteiger partial charge in [0.05, 0.1) is 12.5 Å². The second-order valence-corrected chi connectivity index (χ2v) is 6.22. The van der Waals surface area contributed by atoms with Crippen molar-refractivity contribution in [3.63, 3.8) is 0 Å². The number of carbonyl (C=O) groups is 1. The van der Waals surface area contributed by atoms with E-state index in [2.05, 4.69) is 11.4 Å². The minimum Gasteiger partial charge on any atom is -0.348 e. The average molecular weight is 372 g/mol. The van der Waals surface area contributed by atoms with Crippen molar-refractivity contribution in [1.82, 2.24) is 10.2 Å². The van der Waals surface area contributed by atoms with Crippen LogP contribution in [0.3, 0.4) is 0 Å². The predicted molar refractivity (Wildman–Crippen MR) is 103 cm³/mol. The predicted octanol–water partition coefficient (Wildman–Crippen LogP) is 3.81. The van der Waals surface area contributed by atoms with E-state index in [4.69, 9.17) is 29.1 Å². The Morgan fingerprint density at radius 2 is 1.92 bits per heavy atom. The molecular weight excluding hydrogens is 354 g/mol. The fourth-order valence-electron chi connectivity index (χ4n) is 2.29. The van der Waals surface area contributed by atoms with Gasteiger partial charge in [-0.1, -0.05) is 48.0 Å². The zero-order valence-corrected chi connectivity index (χ0v) is 15.2. The molecule has 0 unspecified atom stereocenters. The lowest BCUT2D eigenvalue weighted by Crippen LogP contribution is -2.44. The van der Waals surface area contributed by atoms with Crippen LogP contribution in [0.4, 0.5) is 0 Å². The van der Waals surface area contributed by atoms with Crippen LogP contribution >= 0.6 is 23.8 Å². The second kappa shape index (κ2) is 9.77. The van der Waals surface area contributed by atoms with Crippen LogP contribution in [0.15, 0.2) is 54.6 Å². The van der Waals surface area contributed by atoms with Crippen LogP contribution in [0.25, 0.3) is 0 Å². The highest BCUT2D eigenvalue weighted by molar-refractivity contribution is 7.80. The molecule has 128 valence electrons. The summed E-state index contributed by atoms with van der Waals surface area (Å²) in [6.07, 6.45) is 1.11. The van der Waals surface area contributed by atoms with Crippen LogP contribution < -0.4 is 5.32 Å². The number of nitrogens with zero attached hydrogens (tertiary/aromatic N) is 2. The van der Waals surface area contributed by atoms with Crippen LogP contribution in [-0.4, -0.2) is 29.0 Å². The lowest BCUT2D eigenvalue weighted by Gasteiger charge is -2.24. The van der Waals surface area contributed by atoms with Gasteiger partial charge in [0.2, 0.25) is 0 Å². The van der Waals surface area contributed by atoms with E-state index in [1.54, 1.807) is 24.3 Å². The Hall–Kier alpha value is -2.42. The Kier molecular flexibility index (Phi) is 7.39. The van der Waals surface area contributed by atoms with Crippen molar-refractivity contribution in [2.45, 2.75) is 12.8 Å². The van der Waals surface area contributed by atoms with E-state index in [1.807, 2.05) is 35.2 Å². The van der Waals surface area contributed by atoms with Gasteiger partial charge in [0.25, 0.3) is 5.91 Å². The maximum Gasteiger partial charge on any atom is 0.257 e. The maximum atomic E-state index is 12.3. The summed E-state index contributed by atoms with van der Waals surface area (Å²) in [5.74, 6) is -0.311. The number of rotatable bonds is 6. The second-order valence-electron chi connectivity index (χ2n) is 5.40. The number of nitrogens with one attached hydrogen (secondary N) is 1. The third kappa shape index (κ3) is 6.18. The standard InChI is InChI=1S/C19H18ClN3OS/c20-17-9-4-8-16(14-17)18(24)22-19(25)23(12-5-11-21)13-10-15-6-2-1-3-7-15/h1-4,6-9,14H,5,10,12-13H2,(H,22,24,25). The molecule has 0 aromatic heterocycles. The summed E-state index contributed by atoms with van der Waals surface area (Å²) < 4.78 is 0. The molecule has 0 radical (unpaired) electrons. The summed E-state index contributed by atoms with van der Waals surface area (Å²) in [4.78, 5) is 14.2. The fraction of sp³-hybridized carbons (Fsp3) is 0.211. The molecule has 0 aliphatic heterocycles. The number of hydrogen-bond donors (Lipinski definition) is 1. The van der Waals surface area contributed by atoms with Gasteiger partial charge in [-0.25, -0.2) is 0 Å². The number of carbonyl (C=O) groups excluding carboxylic acids is 1. The average Bonchev–Trinajstić information content (AvgIpc) is 2.62. The normalized spacial score (nSPS) is 9.92. The summed E-state index contributed by atoms with van der Waals surface area (Å²) >= 11 is 11.3. The molecule has 0 fully saturated rings. The summed E-state index contributed by atoms with van der Waals surface area (Å²) in [5, 5.41) is 12.4. The van der Waals surface area contributed by atoms with Crippen molar-refractivity contribution < 1.29 is 4.79 Å². The molecule has 25 heavy (non-hydrogen) atoms. The highest BCUT2D eigenvalue weighted by Crippen LogP contribution is 2.11. The molecular formula is C19H18ClN3OS. The highest BCUT2D eigenvalue weighted by atomic mass is 35.5. The summed E-state index contributed by atoms with van der Waals surface area (Å²) in [7, 11) is 0. The zero-order valence-electron chi connectivity index (χ0n) is 13.6. The molecule has 6 heteroatoms. The molecule has 2 aromatic rings. The Morgan fingerprint density at radius 3 is 2.60 bits per heavy atom. The van der Waals surface area contributed by atoms with Gasteiger partial charge < -0.3 is 4.90 Å². The van der Waals surface area contributed by atoms with Crippen molar-refractivity contribution in [1.29, 1.82) is 5.26 Å².